The van der Waals surface area contributed by atoms with E-state index in [1.807, 2.05) is 0 Å². The van der Waals surface area contributed by atoms with E-state index >= 15 is 0 Å². The minimum Gasteiger partial charge on any atom is -0.376 e. The van der Waals surface area contributed by atoms with Crippen LogP contribution in [0.3, 0.4) is 0 Å². The molecule has 0 heterocycles. The van der Waals surface area contributed by atoms with Crippen LogP contribution >= 0.6 is 0 Å². The van der Waals surface area contributed by atoms with E-state index in [9.17, 15) is 4.79 Å². The molecular formula is C16H28N2O2. The summed E-state index contributed by atoms with van der Waals surface area (Å²) in [6.45, 7) is 1.28. The molecule has 0 aliphatic heterocycles. The van der Waals surface area contributed by atoms with Crippen LogP contribution in [0.2, 0.25) is 0 Å². The van der Waals surface area contributed by atoms with Gasteiger partial charge < -0.3 is 15.8 Å². The Kier molecular flexibility index (Phi) is 4.61. The summed E-state index contributed by atoms with van der Waals surface area (Å²) >= 11 is 0. The van der Waals surface area contributed by atoms with Gasteiger partial charge in [-0.1, -0.05) is 19.3 Å². The van der Waals surface area contributed by atoms with Crippen LogP contribution in [0.25, 0.3) is 0 Å². The Labute approximate surface area is 121 Å². The standard InChI is InChI=1S/C16H28N2O2/c17-15-12-7-6-11(10-12)14(15)16(19)18-8-9-20-13-4-2-1-3-5-13/h11-15H,1-10,17H2,(H,18,19). The van der Waals surface area contributed by atoms with E-state index < -0.39 is 0 Å². The Morgan fingerprint density at radius 1 is 1.10 bits per heavy atom. The number of hydrogen-bond donors (Lipinski definition) is 2. The number of fused-ring (bicyclic) bond motifs is 2. The zero-order chi connectivity index (χ0) is 13.9. The van der Waals surface area contributed by atoms with Gasteiger partial charge in [-0.15, -0.1) is 0 Å². The highest BCUT2D eigenvalue weighted by molar-refractivity contribution is 5.80. The predicted molar refractivity (Wildman–Crippen MR) is 78.1 cm³/mol. The minimum absolute atomic E-state index is 0.0587. The van der Waals surface area contributed by atoms with Crippen LogP contribution in [-0.2, 0) is 9.53 Å². The smallest absolute Gasteiger partial charge is 0.225 e. The van der Waals surface area contributed by atoms with Crippen LogP contribution in [0.1, 0.15) is 51.4 Å². The van der Waals surface area contributed by atoms with E-state index in [1.165, 1.54) is 44.9 Å². The second-order valence-corrected chi connectivity index (χ2v) is 6.86. The van der Waals surface area contributed by atoms with Crippen molar-refractivity contribution < 1.29 is 9.53 Å². The molecule has 0 saturated heterocycles. The maximum atomic E-state index is 12.3. The Balaban J connectivity index is 1.35. The molecule has 3 fully saturated rings. The summed E-state index contributed by atoms with van der Waals surface area (Å²) in [6, 6.07) is 0.0908. The van der Waals surface area contributed by atoms with Crippen LogP contribution < -0.4 is 11.1 Å². The Morgan fingerprint density at radius 3 is 2.55 bits per heavy atom. The molecule has 114 valence electrons. The first kappa shape index (κ1) is 14.3. The van der Waals surface area contributed by atoms with Gasteiger partial charge in [0.1, 0.15) is 0 Å². The molecule has 3 rings (SSSR count). The highest BCUT2D eigenvalue weighted by Gasteiger charge is 2.48. The molecule has 3 N–H and O–H groups in total. The first-order chi connectivity index (χ1) is 9.75. The van der Waals surface area contributed by atoms with Gasteiger partial charge >= 0.3 is 0 Å². The summed E-state index contributed by atoms with van der Waals surface area (Å²) in [5.74, 6) is 1.35. The maximum Gasteiger partial charge on any atom is 0.225 e. The van der Waals surface area contributed by atoms with Crippen molar-refractivity contribution in [1.29, 1.82) is 0 Å². The summed E-state index contributed by atoms with van der Waals surface area (Å²) in [6.07, 6.45) is 10.3. The molecule has 4 atom stereocenters. The number of carbonyl (C=O) groups is 1. The lowest BCUT2D eigenvalue weighted by molar-refractivity contribution is -0.127. The van der Waals surface area contributed by atoms with E-state index in [2.05, 4.69) is 5.32 Å². The summed E-state index contributed by atoms with van der Waals surface area (Å²) in [4.78, 5) is 12.3. The summed E-state index contributed by atoms with van der Waals surface area (Å²) in [5.41, 5.74) is 6.19. The lowest BCUT2D eigenvalue weighted by atomic mass is 9.84. The van der Waals surface area contributed by atoms with Crippen LogP contribution in [0.4, 0.5) is 0 Å². The van der Waals surface area contributed by atoms with Gasteiger partial charge in [0, 0.05) is 12.6 Å². The lowest BCUT2D eigenvalue weighted by Crippen LogP contribution is -2.46. The molecule has 0 aromatic rings. The normalized spacial score (nSPS) is 37.2. The number of ether oxygens (including phenoxy) is 1. The molecule has 3 saturated carbocycles. The Bertz CT molecular complexity index is 339. The second kappa shape index (κ2) is 6.44. The fourth-order valence-corrected chi connectivity index (χ4v) is 4.47. The van der Waals surface area contributed by atoms with Crippen molar-refractivity contribution >= 4 is 5.91 Å². The van der Waals surface area contributed by atoms with E-state index in [1.54, 1.807) is 0 Å². The molecule has 4 nitrogen and oxygen atoms in total. The van der Waals surface area contributed by atoms with Crippen molar-refractivity contribution in [2.24, 2.45) is 23.5 Å². The number of rotatable bonds is 5. The Morgan fingerprint density at radius 2 is 1.85 bits per heavy atom. The van der Waals surface area contributed by atoms with Crippen molar-refractivity contribution in [3.63, 3.8) is 0 Å². The monoisotopic (exact) mass is 280 g/mol. The van der Waals surface area contributed by atoms with Crippen LogP contribution in [0.15, 0.2) is 0 Å². The van der Waals surface area contributed by atoms with Crippen molar-refractivity contribution in [3.05, 3.63) is 0 Å². The average molecular weight is 280 g/mol. The molecule has 3 aliphatic carbocycles. The molecule has 0 spiro atoms. The molecule has 4 heteroatoms. The number of amides is 1. The topological polar surface area (TPSA) is 64.4 Å². The molecular weight excluding hydrogens is 252 g/mol. The van der Waals surface area contributed by atoms with Gasteiger partial charge in [-0.3, -0.25) is 4.79 Å². The maximum absolute atomic E-state index is 12.3. The van der Waals surface area contributed by atoms with E-state index in [4.69, 9.17) is 10.5 Å². The molecule has 0 radical (unpaired) electrons. The van der Waals surface area contributed by atoms with Gasteiger partial charge in [0.2, 0.25) is 5.91 Å². The van der Waals surface area contributed by atoms with Gasteiger partial charge in [0.15, 0.2) is 0 Å². The third kappa shape index (κ3) is 3.01. The third-order valence-corrected chi connectivity index (χ3v) is 5.59. The number of nitrogens with two attached hydrogens (primary N) is 1. The second-order valence-electron chi connectivity index (χ2n) is 6.86. The van der Waals surface area contributed by atoms with Gasteiger partial charge in [-0.05, 0) is 43.9 Å². The van der Waals surface area contributed by atoms with E-state index in [-0.39, 0.29) is 17.9 Å². The van der Waals surface area contributed by atoms with Gasteiger partial charge in [-0.25, -0.2) is 0 Å². The van der Waals surface area contributed by atoms with E-state index in [0.717, 1.165) is 6.42 Å². The van der Waals surface area contributed by atoms with Crippen LogP contribution in [0.5, 0.6) is 0 Å². The summed E-state index contributed by atoms with van der Waals surface area (Å²) in [7, 11) is 0. The SMILES string of the molecule is NC1C2CCC(C2)C1C(=O)NCCOC1CCCCC1. The lowest BCUT2D eigenvalue weighted by Gasteiger charge is -2.27. The predicted octanol–water partition coefficient (Wildman–Crippen LogP) is 1.83. The fourth-order valence-electron chi connectivity index (χ4n) is 4.47. The highest BCUT2D eigenvalue weighted by Crippen LogP contribution is 2.47. The molecule has 20 heavy (non-hydrogen) atoms. The number of carbonyl (C=O) groups excluding carboxylic acids is 1. The van der Waals surface area contributed by atoms with Crippen LogP contribution in [-0.4, -0.2) is 31.2 Å². The first-order valence-electron chi connectivity index (χ1n) is 8.40. The van der Waals surface area contributed by atoms with Crippen molar-refractivity contribution in [2.45, 2.75) is 63.5 Å². The first-order valence-corrected chi connectivity index (χ1v) is 8.40. The summed E-state index contributed by atoms with van der Waals surface area (Å²) < 4.78 is 5.84. The zero-order valence-corrected chi connectivity index (χ0v) is 12.4. The average Bonchev–Trinajstić information content (AvgIpc) is 3.05. The largest absolute Gasteiger partial charge is 0.376 e. The molecule has 4 unspecified atom stereocenters. The Hall–Kier alpha value is -0.610. The third-order valence-electron chi connectivity index (χ3n) is 5.59. The zero-order valence-electron chi connectivity index (χ0n) is 12.4. The van der Waals surface area contributed by atoms with Gasteiger partial charge in [0.25, 0.3) is 0 Å². The quantitative estimate of drug-likeness (QED) is 0.755. The van der Waals surface area contributed by atoms with Crippen LogP contribution in [0, 0.1) is 17.8 Å². The summed E-state index contributed by atoms with van der Waals surface area (Å²) in [5, 5.41) is 3.04. The highest BCUT2D eigenvalue weighted by atomic mass is 16.5. The fraction of sp³-hybridized carbons (Fsp3) is 0.938. The molecule has 0 aromatic carbocycles. The molecule has 3 aliphatic rings. The van der Waals surface area contributed by atoms with Crippen molar-refractivity contribution in [2.75, 3.05) is 13.2 Å². The molecule has 2 bridgehead atoms. The molecule has 0 aromatic heterocycles. The van der Waals surface area contributed by atoms with Gasteiger partial charge in [0.05, 0.1) is 18.6 Å². The van der Waals surface area contributed by atoms with E-state index in [0.29, 0.717) is 31.1 Å². The van der Waals surface area contributed by atoms with Crippen molar-refractivity contribution in [1.82, 2.24) is 5.32 Å². The molecule has 1 amide bonds. The van der Waals surface area contributed by atoms with Gasteiger partial charge in [-0.2, -0.15) is 0 Å². The number of hydrogen-bond acceptors (Lipinski definition) is 3. The van der Waals surface area contributed by atoms with Crippen molar-refractivity contribution in [3.8, 4) is 0 Å². The minimum atomic E-state index is 0.0587. The number of nitrogens with one attached hydrogen (secondary N) is 1.